The first-order valence-electron chi connectivity index (χ1n) is 9.38. The number of carbonyl (C=O) groups is 1. The monoisotopic (exact) mass is 352 g/mol. The zero-order valence-corrected chi connectivity index (χ0v) is 15.1. The van der Waals surface area contributed by atoms with Crippen LogP contribution in [-0.4, -0.2) is 26.3 Å². The minimum absolute atomic E-state index is 0.103. The van der Waals surface area contributed by atoms with E-state index in [4.69, 9.17) is 0 Å². The average Bonchev–Trinajstić information content (AvgIpc) is 3.25. The number of hydrogen-bond acceptors (Lipinski definition) is 3. The number of amides is 1. The molecule has 1 fully saturated rings. The number of nitrogens with zero attached hydrogens (tertiary/aromatic N) is 3. The molecule has 6 heteroatoms. The van der Waals surface area contributed by atoms with Crippen molar-refractivity contribution in [2.45, 2.75) is 51.1 Å². The maximum Gasteiger partial charge on any atom is 0.291 e. The summed E-state index contributed by atoms with van der Waals surface area (Å²) in [5, 5.41) is 9.20. The molecule has 2 aromatic heterocycles. The van der Waals surface area contributed by atoms with Crippen molar-refractivity contribution in [1.82, 2.24) is 19.7 Å². The van der Waals surface area contributed by atoms with Gasteiger partial charge < -0.3 is 9.88 Å². The van der Waals surface area contributed by atoms with E-state index in [2.05, 4.69) is 10.4 Å². The summed E-state index contributed by atoms with van der Waals surface area (Å²) >= 11 is 0. The van der Waals surface area contributed by atoms with E-state index in [9.17, 15) is 9.59 Å². The van der Waals surface area contributed by atoms with Crippen molar-refractivity contribution in [3.63, 3.8) is 0 Å². The Morgan fingerprint density at radius 1 is 1.23 bits per heavy atom. The van der Waals surface area contributed by atoms with Crippen LogP contribution in [0, 0.1) is 0 Å². The van der Waals surface area contributed by atoms with Gasteiger partial charge in [0.05, 0.1) is 6.20 Å². The maximum absolute atomic E-state index is 12.6. The molecule has 0 radical (unpaired) electrons. The predicted octanol–water partition coefficient (Wildman–Crippen LogP) is 2.73. The van der Waals surface area contributed by atoms with Gasteiger partial charge >= 0.3 is 0 Å². The minimum Gasteiger partial charge on any atom is -0.353 e. The zero-order valence-electron chi connectivity index (χ0n) is 15.1. The Hall–Kier alpha value is -2.63. The molecule has 0 unspecified atom stereocenters. The van der Waals surface area contributed by atoms with Crippen LogP contribution < -0.4 is 10.9 Å². The molecule has 1 aliphatic carbocycles. The van der Waals surface area contributed by atoms with E-state index < -0.39 is 0 Å². The van der Waals surface area contributed by atoms with Gasteiger partial charge in [-0.15, -0.1) is 0 Å². The lowest BCUT2D eigenvalue weighted by Gasteiger charge is -2.12. The number of aromatic nitrogens is 3. The second-order valence-corrected chi connectivity index (χ2v) is 7.16. The molecule has 2 heterocycles. The number of aryl methyl sites for hydroxylation is 2. The first-order chi connectivity index (χ1) is 12.6. The summed E-state index contributed by atoms with van der Waals surface area (Å²) in [7, 11) is 1.67. The molecule has 1 saturated carbocycles. The molecule has 0 bridgehead atoms. The lowest BCUT2D eigenvalue weighted by Crippen LogP contribution is -2.32. The summed E-state index contributed by atoms with van der Waals surface area (Å²) in [4.78, 5) is 24.8. The minimum atomic E-state index is -0.103. The molecule has 0 atom stereocenters. The summed E-state index contributed by atoms with van der Waals surface area (Å²) < 4.78 is 3.40. The number of fused-ring (bicyclic) bond motifs is 3. The first kappa shape index (κ1) is 16.8. The van der Waals surface area contributed by atoms with Crippen LogP contribution in [0.5, 0.6) is 0 Å². The van der Waals surface area contributed by atoms with Gasteiger partial charge in [0.2, 0.25) is 5.91 Å². The number of benzene rings is 1. The second kappa shape index (κ2) is 6.94. The molecule has 6 nitrogen and oxygen atoms in total. The molecule has 0 saturated heterocycles. The van der Waals surface area contributed by atoms with E-state index >= 15 is 0 Å². The van der Waals surface area contributed by atoms with Crippen molar-refractivity contribution in [3.8, 4) is 0 Å². The molecule has 0 spiro atoms. The number of rotatable bonds is 5. The van der Waals surface area contributed by atoms with Crippen LogP contribution in [0.2, 0.25) is 0 Å². The van der Waals surface area contributed by atoms with Crippen molar-refractivity contribution in [2.75, 3.05) is 0 Å². The summed E-state index contributed by atoms with van der Waals surface area (Å²) in [6.45, 7) is 0.640. The highest BCUT2D eigenvalue weighted by atomic mass is 16.1. The summed E-state index contributed by atoms with van der Waals surface area (Å²) in [5.74, 6) is 0.118. The molecule has 1 amide bonds. The van der Waals surface area contributed by atoms with Gasteiger partial charge in [-0.1, -0.05) is 31.0 Å². The van der Waals surface area contributed by atoms with Crippen molar-refractivity contribution < 1.29 is 4.79 Å². The maximum atomic E-state index is 12.6. The highest BCUT2D eigenvalue weighted by Crippen LogP contribution is 2.26. The van der Waals surface area contributed by atoms with Crippen LogP contribution in [-0.2, 0) is 18.4 Å². The topological polar surface area (TPSA) is 68.9 Å². The molecule has 1 aromatic carbocycles. The molecule has 1 N–H and O–H groups in total. The number of carbonyl (C=O) groups excluding carboxylic acids is 1. The third-order valence-electron chi connectivity index (χ3n) is 5.37. The molecule has 26 heavy (non-hydrogen) atoms. The molecule has 0 aliphatic heterocycles. The molecule has 1 aliphatic rings. The van der Waals surface area contributed by atoms with Crippen molar-refractivity contribution >= 4 is 27.7 Å². The van der Waals surface area contributed by atoms with Crippen LogP contribution in [0.25, 0.3) is 21.8 Å². The van der Waals surface area contributed by atoms with Gasteiger partial charge in [0.15, 0.2) is 0 Å². The average molecular weight is 352 g/mol. The van der Waals surface area contributed by atoms with Crippen LogP contribution in [0.4, 0.5) is 0 Å². The standard InChI is InChI=1S/C20H24N4O2/c1-23-20(26)19-16(13-21-23)15-9-4-5-10-17(15)24(19)12-6-11-18(25)22-14-7-2-3-8-14/h4-5,9-10,13-14H,2-3,6-8,11-12H2,1H3,(H,22,25). The second-order valence-electron chi connectivity index (χ2n) is 7.16. The van der Waals surface area contributed by atoms with Crippen molar-refractivity contribution in [3.05, 3.63) is 40.8 Å². The molecule has 3 aromatic rings. The highest BCUT2D eigenvalue weighted by molar-refractivity contribution is 6.07. The quantitative estimate of drug-likeness (QED) is 0.768. The highest BCUT2D eigenvalue weighted by Gasteiger charge is 2.18. The fraction of sp³-hybridized carbons (Fsp3) is 0.450. The third-order valence-corrected chi connectivity index (χ3v) is 5.37. The van der Waals surface area contributed by atoms with Crippen LogP contribution in [0.15, 0.2) is 35.3 Å². The number of nitrogens with one attached hydrogen (secondary N) is 1. The Balaban J connectivity index is 1.58. The molecule has 4 rings (SSSR count). The molecular formula is C20H24N4O2. The summed E-state index contributed by atoms with van der Waals surface area (Å²) in [5.41, 5.74) is 1.58. The predicted molar refractivity (Wildman–Crippen MR) is 102 cm³/mol. The lowest BCUT2D eigenvalue weighted by atomic mass is 10.2. The number of para-hydroxylation sites is 1. The summed E-state index contributed by atoms with van der Waals surface area (Å²) in [6.07, 6.45) is 7.56. The fourth-order valence-electron chi connectivity index (χ4n) is 4.04. The Labute approximate surface area is 151 Å². The van der Waals surface area contributed by atoms with Gasteiger partial charge in [0.25, 0.3) is 5.56 Å². The van der Waals surface area contributed by atoms with E-state index in [1.807, 2.05) is 28.8 Å². The van der Waals surface area contributed by atoms with Gasteiger partial charge in [0, 0.05) is 42.3 Å². The van der Waals surface area contributed by atoms with E-state index in [0.29, 0.717) is 30.9 Å². The van der Waals surface area contributed by atoms with Gasteiger partial charge in [-0.3, -0.25) is 9.59 Å². The Kier molecular flexibility index (Phi) is 4.49. The summed E-state index contributed by atoms with van der Waals surface area (Å²) in [6, 6.07) is 8.34. The van der Waals surface area contributed by atoms with Gasteiger partial charge in [-0.25, -0.2) is 4.68 Å². The van der Waals surface area contributed by atoms with E-state index in [-0.39, 0.29) is 11.5 Å². The Bertz CT molecular complexity index is 1010. The molecular weight excluding hydrogens is 328 g/mol. The fourth-order valence-corrected chi connectivity index (χ4v) is 4.04. The van der Waals surface area contributed by atoms with Gasteiger partial charge in [-0.2, -0.15) is 5.10 Å². The first-order valence-corrected chi connectivity index (χ1v) is 9.38. The SMILES string of the molecule is Cn1ncc2c3ccccc3n(CCCC(=O)NC3CCCC3)c2c1=O. The molecule has 136 valence electrons. The Morgan fingerprint density at radius 3 is 2.81 bits per heavy atom. The van der Waals surface area contributed by atoms with Gasteiger partial charge in [-0.05, 0) is 25.3 Å². The largest absolute Gasteiger partial charge is 0.353 e. The normalized spacial score (nSPS) is 15.1. The third kappa shape index (κ3) is 3.00. The van der Waals surface area contributed by atoms with Crippen LogP contribution >= 0.6 is 0 Å². The number of hydrogen-bond donors (Lipinski definition) is 1. The Morgan fingerprint density at radius 2 is 2.00 bits per heavy atom. The smallest absolute Gasteiger partial charge is 0.291 e. The van der Waals surface area contributed by atoms with Crippen LogP contribution in [0.1, 0.15) is 38.5 Å². The van der Waals surface area contributed by atoms with E-state index in [1.165, 1.54) is 17.5 Å². The van der Waals surface area contributed by atoms with Crippen LogP contribution in [0.3, 0.4) is 0 Å². The van der Waals surface area contributed by atoms with E-state index in [0.717, 1.165) is 29.1 Å². The lowest BCUT2D eigenvalue weighted by molar-refractivity contribution is -0.121. The van der Waals surface area contributed by atoms with Gasteiger partial charge in [0.1, 0.15) is 5.52 Å². The van der Waals surface area contributed by atoms with Crippen molar-refractivity contribution in [1.29, 1.82) is 0 Å². The zero-order chi connectivity index (χ0) is 18.1. The van der Waals surface area contributed by atoms with Crippen molar-refractivity contribution in [2.24, 2.45) is 7.05 Å². The van der Waals surface area contributed by atoms with E-state index in [1.54, 1.807) is 13.2 Å².